The summed E-state index contributed by atoms with van der Waals surface area (Å²) >= 11 is 0. The highest BCUT2D eigenvalue weighted by Gasteiger charge is 2.19. The van der Waals surface area contributed by atoms with Gasteiger partial charge in [-0.05, 0) is 37.5 Å². The molecule has 0 amide bonds. The van der Waals surface area contributed by atoms with Crippen LogP contribution >= 0.6 is 0 Å². The third-order valence-electron chi connectivity index (χ3n) is 6.19. The number of nitrogens with zero attached hydrogens (tertiary/aromatic N) is 2. The Morgan fingerprint density at radius 2 is 1.81 bits per heavy atom. The Morgan fingerprint density at radius 3 is 2.47 bits per heavy atom. The summed E-state index contributed by atoms with van der Waals surface area (Å²) in [6.45, 7) is 6.79. The molecule has 0 aliphatic heterocycles. The van der Waals surface area contributed by atoms with Gasteiger partial charge in [0.25, 0.3) is 11.1 Å². The van der Waals surface area contributed by atoms with Crippen LogP contribution in [0, 0.1) is 19.3 Å². The Bertz CT molecular complexity index is 1580. The summed E-state index contributed by atoms with van der Waals surface area (Å²) in [5.74, 6) is 1.23. The molecule has 4 aromatic rings. The molecular weight excluding hydrogens is 454 g/mol. The van der Waals surface area contributed by atoms with Crippen molar-refractivity contribution in [1.29, 1.82) is 5.41 Å². The van der Waals surface area contributed by atoms with Crippen LogP contribution in [0.4, 0.5) is 0 Å². The number of H-pyrrole nitrogens is 1. The molecule has 1 aromatic carbocycles. The molecule has 0 saturated carbocycles. The molecule has 0 saturated heterocycles. The van der Waals surface area contributed by atoms with Gasteiger partial charge in [0.1, 0.15) is 11.3 Å². The molecule has 0 aliphatic rings. The summed E-state index contributed by atoms with van der Waals surface area (Å²) in [5, 5.41) is 11.7. The van der Waals surface area contributed by atoms with Crippen molar-refractivity contribution in [3.8, 4) is 22.6 Å². The van der Waals surface area contributed by atoms with E-state index in [-0.39, 0.29) is 11.1 Å². The largest absolute Gasteiger partial charge is 0.455 e. The number of allylic oxidation sites excluding steroid dienone is 1. The Balaban J connectivity index is 1.96. The van der Waals surface area contributed by atoms with Crippen molar-refractivity contribution in [3.63, 3.8) is 0 Å². The Hall–Kier alpha value is -4.33. The number of nitrogens with one attached hydrogen (secondary N) is 3. The van der Waals surface area contributed by atoms with Crippen LogP contribution in [0.3, 0.4) is 0 Å². The van der Waals surface area contributed by atoms with Gasteiger partial charge in [-0.1, -0.05) is 25.1 Å². The number of benzene rings is 1. The monoisotopic (exact) mass is 485 g/mol. The van der Waals surface area contributed by atoms with Crippen molar-refractivity contribution in [1.82, 2.24) is 19.4 Å². The normalized spacial score (nSPS) is 11.6. The van der Waals surface area contributed by atoms with Gasteiger partial charge in [0, 0.05) is 73.1 Å². The van der Waals surface area contributed by atoms with Gasteiger partial charge in [0.15, 0.2) is 5.75 Å². The predicted molar refractivity (Wildman–Crippen MR) is 145 cm³/mol. The minimum Gasteiger partial charge on any atom is -0.455 e. The number of aromatic nitrogens is 3. The fourth-order valence-corrected chi connectivity index (χ4v) is 4.20. The maximum absolute atomic E-state index is 13.0. The first-order valence-electron chi connectivity index (χ1n) is 11.9. The van der Waals surface area contributed by atoms with E-state index >= 15 is 0 Å². The minimum atomic E-state index is -0.202. The highest BCUT2D eigenvalue weighted by Crippen LogP contribution is 2.38. The maximum Gasteiger partial charge on any atom is 0.274 e. The zero-order chi connectivity index (χ0) is 26.0. The van der Waals surface area contributed by atoms with Crippen LogP contribution in [-0.2, 0) is 14.1 Å². The quantitative estimate of drug-likeness (QED) is 0.250. The lowest BCUT2D eigenvalue weighted by atomic mass is 10.0. The Labute approximate surface area is 209 Å². The van der Waals surface area contributed by atoms with E-state index in [1.807, 2.05) is 38.1 Å². The second kappa shape index (κ2) is 10.1. The van der Waals surface area contributed by atoms with E-state index in [9.17, 15) is 9.59 Å². The zero-order valence-corrected chi connectivity index (χ0v) is 21.2. The fraction of sp³-hybridized carbons (Fsp3) is 0.250. The second-order valence-corrected chi connectivity index (χ2v) is 8.95. The van der Waals surface area contributed by atoms with Crippen LogP contribution < -0.4 is 21.2 Å². The third kappa shape index (κ3) is 4.62. The lowest BCUT2D eigenvalue weighted by molar-refractivity contribution is 0.470. The molecule has 8 heteroatoms. The van der Waals surface area contributed by atoms with Crippen molar-refractivity contribution in [3.05, 3.63) is 86.5 Å². The molecular formula is C28H31N5O3. The number of pyridine rings is 2. The van der Waals surface area contributed by atoms with Crippen LogP contribution in [0.15, 0.2) is 58.5 Å². The van der Waals surface area contributed by atoms with Crippen LogP contribution in [0.25, 0.3) is 27.6 Å². The van der Waals surface area contributed by atoms with Crippen LogP contribution in [0.5, 0.6) is 11.5 Å². The highest BCUT2D eigenvalue weighted by atomic mass is 16.5. The van der Waals surface area contributed by atoms with Crippen molar-refractivity contribution in [2.75, 3.05) is 6.54 Å². The minimum absolute atomic E-state index is 0.194. The Morgan fingerprint density at radius 1 is 1.08 bits per heavy atom. The number of aromatic amines is 1. The van der Waals surface area contributed by atoms with Gasteiger partial charge in [-0.3, -0.25) is 9.59 Å². The van der Waals surface area contributed by atoms with E-state index in [1.165, 1.54) is 21.4 Å². The van der Waals surface area contributed by atoms with Crippen LogP contribution in [0.1, 0.15) is 30.2 Å². The molecule has 4 rings (SSSR count). The van der Waals surface area contributed by atoms with Gasteiger partial charge in [-0.25, -0.2) is 0 Å². The Kier molecular flexibility index (Phi) is 6.96. The van der Waals surface area contributed by atoms with E-state index in [1.54, 1.807) is 32.7 Å². The van der Waals surface area contributed by atoms with E-state index in [0.717, 1.165) is 29.8 Å². The molecule has 0 atom stereocenters. The summed E-state index contributed by atoms with van der Waals surface area (Å²) < 4.78 is 9.37. The average Bonchev–Trinajstić information content (AvgIpc) is 3.29. The SMILES string of the molecule is CCCN/C=C(\C=N)c1cc2c(-c3cc(=O)n(C)cc3Oc3c(C)cccc3C)cn(C)c(=O)c2[nH]1. The molecule has 0 bridgehead atoms. The van der Waals surface area contributed by atoms with E-state index in [2.05, 4.69) is 17.2 Å². The van der Waals surface area contributed by atoms with Gasteiger partial charge in [0.2, 0.25) is 0 Å². The predicted octanol–water partition coefficient (Wildman–Crippen LogP) is 4.63. The summed E-state index contributed by atoms with van der Waals surface area (Å²) in [7, 11) is 3.36. The number of hydrogen-bond acceptors (Lipinski definition) is 5. The number of fused-ring (bicyclic) bond motifs is 1. The molecule has 3 aromatic heterocycles. The fourth-order valence-electron chi connectivity index (χ4n) is 4.20. The topological polar surface area (TPSA) is 105 Å². The lowest BCUT2D eigenvalue weighted by Gasteiger charge is -2.17. The summed E-state index contributed by atoms with van der Waals surface area (Å²) in [4.78, 5) is 28.9. The summed E-state index contributed by atoms with van der Waals surface area (Å²) in [5.41, 5.74) is 4.46. The number of aryl methyl sites for hydroxylation is 4. The van der Waals surface area contributed by atoms with E-state index in [4.69, 9.17) is 10.1 Å². The number of para-hydroxylation sites is 1. The molecule has 8 nitrogen and oxygen atoms in total. The smallest absolute Gasteiger partial charge is 0.274 e. The molecule has 186 valence electrons. The van der Waals surface area contributed by atoms with E-state index < -0.39 is 0 Å². The first-order valence-corrected chi connectivity index (χ1v) is 11.9. The van der Waals surface area contributed by atoms with Gasteiger partial charge < -0.3 is 29.6 Å². The molecule has 3 N–H and O–H groups in total. The van der Waals surface area contributed by atoms with Crippen molar-refractivity contribution < 1.29 is 4.74 Å². The van der Waals surface area contributed by atoms with Crippen molar-refractivity contribution >= 4 is 22.7 Å². The third-order valence-corrected chi connectivity index (χ3v) is 6.19. The standard InChI is InChI=1S/C28H31N5O3/c1-6-10-30-14-19(13-29)23-11-21-22(15-33(5)28(35)26(21)31-23)20-12-25(34)32(4)16-24(20)36-27-17(2)8-7-9-18(27)3/h7-9,11-16,29-31H,6,10H2,1-5H3/b19-14+,29-13?. The molecule has 0 radical (unpaired) electrons. The highest BCUT2D eigenvalue weighted by molar-refractivity contribution is 6.10. The van der Waals surface area contributed by atoms with Gasteiger partial charge >= 0.3 is 0 Å². The van der Waals surface area contributed by atoms with Gasteiger partial charge in [0.05, 0.1) is 6.20 Å². The number of rotatable bonds is 8. The van der Waals surface area contributed by atoms with Crippen molar-refractivity contribution in [2.45, 2.75) is 27.2 Å². The molecule has 0 fully saturated rings. The second-order valence-electron chi connectivity index (χ2n) is 8.95. The molecule has 0 spiro atoms. The van der Waals surface area contributed by atoms with Crippen LogP contribution in [-0.4, -0.2) is 26.9 Å². The zero-order valence-electron chi connectivity index (χ0n) is 21.2. The van der Waals surface area contributed by atoms with Gasteiger partial charge in [-0.15, -0.1) is 0 Å². The lowest BCUT2D eigenvalue weighted by Crippen LogP contribution is -2.18. The molecule has 0 aliphatic carbocycles. The molecule has 36 heavy (non-hydrogen) atoms. The number of ether oxygens (including phenoxy) is 1. The van der Waals surface area contributed by atoms with Crippen LogP contribution in [0.2, 0.25) is 0 Å². The van der Waals surface area contributed by atoms with Crippen molar-refractivity contribution in [2.24, 2.45) is 14.1 Å². The molecule has 0 unspecified atom stereocenters. The first-order chi connectivity index (χ1) is 17.2. The summed E-state index contributed by atoms with van der Waals surface area (Å²) in [6.07, 6.45) is 7.35. The number of hydrogen-bond donors (Lipinski definition) is 3. The maximum atomic E-state index is 13.0. The average molecular weight is 486 g/mol. The molecule has 3 heterocycles. The first kappa shape index (κ1) is 24.8. The summed E-state index contributed by atoms with van der Waals surface area (Å²) in [6, 6.07) is 9.30. The van der Waals surface area contributed by atoms with Gasteiger partial charge in [-0.2, -0.15) is 0 Å². The van der Waals surface area contributed by atoms with E-state index in [0.29, 0.717) is 39.0 Å².